The number of imidazole rings is 1. The molecule has 3 aromatic rings. The Morgan fingerprint density at radius 1 is 1.19 bits per heavy atom. The van der Waals surface area contributed by atoms with E-state index in [1.807, 2.05) is 17.6 Å². The van der Waals surface area contributed by atoms with E-state index in [-0.39, 0.29) is 22.8 Å². The van der Waals surface area contributed by atoms with E-state index < -0.39 is 0 Å². The molecule has 0 fully saturated rings. The van der Waals surface area contributed by atoms with Crippen LogP contribution in [0.25, 0.3) is 22.4 Å². The van der Waals surface area contributed by atoms with Crippen LogP contribution in [0.1, 0.15) is 13.3 Å². The number of hydrogen-bond acceptors (Lipinski definition) is 3. The molecule has 0 aliphatic rings. The zero-order valence-corrected chi connectivity index (χ0v) is 11.5. The fourth-order valence-corrected chi connectivity index (χ4v) is 2.48. The SMILES string of the molecule is CCCn1c(-c2ccc(O)cc2O)nc2c(F)cccc21. The van der Waals surface area contributed by atoms with E-state index >= 15 is 0 Å². The number of benzene rings is 2. The van der Waals surface area contributed by atoms with Crippen molar-refractivity contribution in [3.8, 4) is 22.9 Å². The van der Waals surface area contributed by atoms with E-state index in [1.54, 1.807) is 12.1 Å². The van der Waals surface area contributed by atoms with Gasteiger partial charge in [0.15, 0.2) is 5.82 Å². The van der Waals surface area contributed by atoms with E-state index in [2.05, 4.69) is 4.98 Å². The number of nitrogens with zero attached hydrogens (tertiary/aromatic N) is 2. The fourth-order valence-electron chi connectivity index (χ4n) is 2.48. The standard InChI is InChI=1S/C16H15FN2O2/c1-2-8-19-13-5-3-4-12(17)15(13)18-16(19)11-7-6-10(20)9-14(11)21/h3-7,9,20-21H,2,8H2,1H3. The van der Waals surface area contributed by atoms with Crippen LogP contribution in [0, 0.1) is 5.82 Å². The molecular formula is C16H15FN2O2. The largest absolute Gasteiger partial charge is 0.508 e. The summed E-state index contributed by atoms with van der Waals surface area (Å²) in [5.41, 5.74) is 1.45. The Balaban J connectivity index is 2.30. The van der Waals surface area contributed by atoms with E-state index in [0.717, 1.165) is 6.42 Å². The highest BCUT2D eigenvalue weighted by Crippen LogP contribution is 2.34. The smallest absolute Gasteiger partial charge is 0.151 e. The van der Waals surface area contributed by atoms with Gasteiger partial charge in [-0.2, -0.15) is 0 Å². The summed E-state index contributed by atoms with van der Waals surface area (Å²) in [6.07, 6.45) is 0.855. The number of aromatic hydroxyl groups is 2. The molecular weight excluding hydrogens is 271 g/mol. The maximum Gasteiger partial charge on any atom is 0.151 e. The van der Waals surface area contributed by atoms with Gasteiger partial charge in [-0.25, -0.2) is 9.37 Å². The van der Waals surface area contributed by atoms with Crippen LogP contribution in [0.3, 0.4) is 0 Å². The van der Waals surface area contributed by atoms with Crippen LogP contribution >= 0.6 is 0 Å². The van der Waals surface area contributed by atoms with Crippen molar-refractivity contribution in [2.45, 2.75) is 19.9 Å². The van der Waals surface area contributed by atoms with Crippen molar-refractivity contribution in [2.75, 3.05) is 0 Å². The number of halogens is 1. The minimum Gasteiger partial charge on any atom is -0.508 e. The van der Waals surface area contributed by atoms with Gasteiger partial charge >= 0.3 is 0 Å². The fraction of sp³-hybridized carbons (Fsp3) is 0.188. The second-order valence-corrected chi connectivity index (χ2v) is 4.90. The highest BCUT2D eigenvalue weighted by Gasteiger charge is 2.17. The lowest BCUT2D eigenvalue weighted by molar-refractivity contribution is 0.451. The second kappa shape index (κ2) is 5.09. The van der Waals surface area contributed by atoms with Gasteiger partial charge < -0.3 is 14.8 Å². The van der Waals surface area contributed by atoms with E-state index in [1.165, 1.54) is 18.2 Å². The van der Waals surface area contributed by atoms with Crippen molar-refractivity contribution in [3.63, 3.8) is 0 Å². The average molecular weight is 286 g/mol. The normalized spacial score (nSPS) is 11.1. The van der Waals surface area contributed by atoms with Crippen molar-refractivity contribution in [2.24, 2.45) is 0 Å². The lowest BCUT2D eigenvalue weighted by Gasteiger charge is -2.09. The Hall–Kier alpha value is -2.56. The topological polar surface area (TPSA) is 58.3 Å². The molecule has 0 atom stereocenters. The highest BCUT2D eigenvalue weighted by molar-refractivity contribution is 5.82. The predicted octanol–water partition coefficient (Wildman–Crippen LogP) is 3.66. The molecule has 1 heterocycles. The van der Waals surface area contributed by atoms with Crippen LogP contribution in [0.4, 0.5) is 4.39 Å². The molecule has 2 N–H and O–H groups in total. The third-order valence-corrected chi connectivity index (χ3v) is 3.40. The Bertz CT molecular complexity index is 811. The average Bonchev–Trinajstić information content (AvgIpc) is 2.80. The number of rotatable bonds is 3. The monoisotopic (exact) mass is 286 g/mol. The van der Waals surface area contributed by atoms with Gasteiger partial charge in [0.05, 0.1) is 11.1 Å². The summed E-state index contributed by atoms with van der Waals surface area (Å²) >= 11 is 0. The lowest BCUT2D eigenvalue weighted by Crippen LogP contribution is -1.99. The molecule has 3 rings (SSSR count). The first-order valence-corrected chi connectivity index (χ1v) is 6.79. The summed E-state index contributed by atoms with van der Waals surface area (Å²) in [5.74, 6) is -0.0000262. The van der Waals surface area contributed by atoms with Crippen molar-refractivity contribution in [1.29, 1.82) is 0 Å². The summed E-state index contributed by atoms with van der Waals surface area (Å²) < 4.78 is 15.8. The van der Waals surface area contributed by atoms with Gasteiger partial charge in [0, 0.05) is 12.6 Å². The number of phenols is 2. The number of aromatic nitrogens is 2. The predicted molar refractivity (Wildman–Crippen MR) is 78.7 cm³/mol. The number of hydrogen-bond donors (Lipinski definition) is 2. The van der Waals surface area contributed by atoms with E-state index in [0.29, 0.717) is 23.4 Å². The Kier molecular flexibility index (Phi) is 3.25. The number of aryl methyl sites for hydroxylation is 1. The molecule has 1 aromatic heterocycles. The van der Waals surface area contributed by atoms with Crippen molar-refractivity contribution in [3.05, 3.63) is 42.2 Å². The van der Waals surface area contributed by atoms with Gasteiger partial charge in [0.25, 0.3) is 0 Å². The quantitative estimate of drug-likeness (QED) is 0.772. The molecule has 0 unspecified atom stereocenters. The van der Waals surface area contributed by atoms with Crippen LogP contribution in [0.5, 0.6) is 11.5 Å². The minimum absolute atomic E-state index is 0.0272. The third kappa shape index (κ3) is 2.20. The number of phenolic OH excluding ortho intramolecular Hbond substituents is 2. The molecule has 0 saturated carbocycles. The van der Waals surface area contributed by atoms with E-state index in [4.69, 9.17) is 0 Å². The summed E-state index contributed by atoms with van der Waals surface area (Å²) in [5, 5.41) is 19.4. The first kappa shape index (κ1) is 13.4. The number of para-hydroxylation sites is 1. The first-order chi connectivity index (χ1) is 10.1. The molecule has 4 nitrogen and oxygen atoms in total. The third-order valence-electron chi connectivity index (χ3n) is 3.40. The molecule has 2 aromatic carbocycles. The number of fused-ring (bicyclic) bond motifs is 1. The van der Waals surface area contributed by atoms with Crippen LogP contribution in [-0.2, 0) is 6.54 Å². The molecule has 0 radical (unpaired) electrons. The molecule has 0 bridgehead atoms. The Morgan fingerprint density at radius 3 is 2.71 bits per heavy atom. The van der Waals surface area contributed by atoms with Crippen LogP contribution in [0.2, 0.25) is 0 Å². The van der Waals surface area contributed by atoms with Gasteiger partial charge in [-0.1, -0.05) is 13.0 Å². The second-order valence-electron chi connectivity index (χ2n) is 4.90. The molecule has 0 spiro atoms. The molecule has 0 saturated heterocycles. The van der Waals surface area contributed by atoms with Crippen molar-refractivity contribution in [1.82, 2.24) is 9.55 Å². The van der Waals surface area contributed by atoms with Crippen molar-refractivity contribution >= 4 is 11.0 Å². The maximum absolute atomic E-state index is 13.9. The zero-order valence-electron chi connectivity index (χ0n) is 11.5. The molecule has 0 aliphatic carbocycles. The Labute approximate surface area is 121 Å². The zero-order chi connectivity index (χ0) is 15.0. The molecule has 5 heteroatoms. The van der Waals surface area contributed by atoms with Gasteiger partial charge in [-0.05, 0) is 30.7 Å². The van der Waals surface area contributed by atoms with Gasteiger partial charge in [-0.3, -0.25) is 0 Å². The minimum atomic E-state index is -0.387. The molecule has 0 aliphatic heterocycles. The maximum atomic E-state index is 13.9. The van der Waals surface area contributed by atoms with Gasteiger partial charge in [0.2, 0.25) is 0 Å². The van der Waals surface area contributed by atoms with Crippen LogP contribution < -0.4 is 0 Å². The van der Waals surface area contributed by atoms with Crippen molar-refractivity contribution < 1.29 is 14.6 Å². The van der Waals surface area contributed by atoms with Gasteiger partial charge in [0.1, 0.15) is 22.8 Å². The van der Waals surface area contributed by atoms with Crippen LogP contribution in [0.15, 0.2) is 36.4 Å². The lowest BCUT2D eigenvalue weighted by atomic mass is 10.1. The first-order valence-electron chi connectivity index (χ1n) is 6.79. The summed E-state index contributed by atoms with van der Waals surface area (Å²) in [6.45, 7) is 2.68. The Morgan fingerprint density at radius 2 is 2.00 bits per heavy atom. The van der Waals surface area contributed by atoms with Gasteiger partial charge in [-0.15, -0.1) is 0 Å². The molecule has 108 valence electrons. The summed E-state index contributed by atoms with van der Waals surface area (Å²) in [7, 11) is 0. The molecule has 0 amide bonds. The molecule has 21 heavy (non-hydrogen) atoms. The van der Waals surface area contributed by atoms with Crippen LogP contribution in [-0.4, -0.2) is 19.8 Å². The summed E-state index contributed by atoms with van der Waals surface area (Å²) in [4.78, 5) is 4.34. The summed E-state index contributed by atoms with van der Waals surface area (Å²) in [6, 6.07) is 9.12. The highest BCUT2D eigenvalue weighted by atomic mass is 19.1. The van der Waals surface area contributed by atoms with E-state index in [9.17, 15) is 14.6 Å².